The summed E-state index contributed by atoms with van der Waals surface area (Å²) in [5.41, 5.74) is 0.401. The highest BCUT2D eigenvalue weighted by molar-refractivity contribution is 6.05. The molecule has 1 unspecified atom stereocenters. The molecule has 26 heavy (non-hydrogen) atoms. The molecule has 0 heterocycles. The fraction of sp³-hybridized carbons (Fsp3) is 0.111. The summed E-state index contributed by atoms with van der Waals surface area (Å²) in [5.74, 6) is -3.78. The number of aliphatic carboxylic acids is 1. The van der Waals surface area contributed by atoms with Gasteiger partial charge in [-0.2, -0.15) is 0 Å². The molecule has 1 amide bonds. The zero-order valence-corrected chi connectivity index (χ0v) is 13.5. The lowest BCUT2D eigenvalue weighted by molar-refractivity contribution is -0.139. The van der Waals surface area contributed by atoms with E-state index in [1.165, 1.54) is 24.3 Å². The van der Waals surface area contributed by atoms with Crippen molar-refractivity contribution < 1.29 is 35.1 Å². The smallest absolute Gasteiger partial charge is 0.327 e. The second kappa shape index (κ2) is 7.47. The molecule has 0 radical (unpaired) electrons. The van der Waals surface area contributed by atoms with E-state index >= 15 is 0 Å². The first kappa shape index (κ1) is 18.7. The maximum absolute atomic E-state index is 12.3. The Labute approximate surface area is 148 Å². The zero-order chi connectivity index (χ0) is 19.4. The van der Waals surface area contributed by atoms with Gasteiger partial charge in [-0.3, -0.25) is 9.69 Å². The van der Waals surface area contributed by atoms with Crippen LogP contribution in [0.5, 0.6) is 23.0 Å². The number of carbonyl (C=O) groups is 2. The van der Waals surface area contributed by atoms with Crippen molar-refractivity contribution in [1.82, 2.24) is 0 Å². The van der Waals surface area contributed by atoms with Crippen LogP contribution in [0, 0.1) is 0 Å². The largest absolute Gasteiger partial charge is 0.504 e. The van der Waals surface area contributed by atoms with Crippen LogP contribution < -0.4 is 4.90 Å². The SMILES string of the molecule is C=CC(=O)N(c1ccc(O)c(O)c1)C(Cc1ccc(O)c(O)c1)C(=O)O. The van der Waals surface area contributed by atoms with E-state index in [-0.39, 0.29) is 17.9 Å². The number of benzene rings is 2. The molecule has 8 heteroatoms. The molecule has 0 bridgehead atoms. The number of carboxylic acids is 1. The van der Waals surface area contributed by atoms with Crippen LogP contribution >= 0.6 is 0 Å². The van der Waals surface area contributed by atoms with Crippen LogP contribution in [-0.2, 0) is 16.0 Å². The molecule has 136 valence electrons. The summed E-state index contributed by atoms with van der Waals surface area (Å²) in [6, 6.07) is 5.87. The van der Waals surface area contributed by atoms with Crippen molar-refractivity contribution in [1.29, 1.82) is 0 Å². The van der Waals surface area contributed by atoms with Crippen molar-refractivity contribution >= 4 is 17.6 Å². The molecule has 0 fully saturated rings. The maximum atomic E-state index is 12.3. The molecule has 2 aromatic rings. The first-order valence-electron chi connectivity index (χ1n) is 7.46. The second-order valence-electron chi connectivity index (χ2n) is 5.47. The number of carboxylic acid groups (broad SMARTS) is 1. The fourth-order valence-electron chi connectivity index (χ4n) is 2.43. The molecule has 2 aromatic carbocycles. The first-order valence-corrected chi connectivity index (χ1v) is 7.46. The molecule has 5 N–H and O–H groups in total. The van der Waals surface area contributed by atoms with Crippen molar-refractivity contribution in [3.63, 3.8) is 0 Å². The number of phenols is 4. The number of rotatable bonds is 6. The van der Waals surface area contributed by atoms with Gasteiger partial charge in [0.1, 0.15) is 6.04 Å². The molecule has 1 atom stereocenters. The van der Waals surface area contributed by atoms with E-state index in [0.717, 1.165) is 23.1 Å². The van der Waals surface area contributed by atoms with Gasteiger partial charge in [-0.05, 0) is 35.9 Å². The van der Waals surface area contributed by atoms with Gasteiger partial charge in [-0.25, -0.2) is 4.79 Å². The summed E-state index contributed by atoms with van der Waals surface area (Å²) in [5, 5.41) is 47.6. The van der Waals surface area contributed by atoms with Gasteiger partial charge >= 0.3 is 5.97 Å². The van der Waals surface area contributed by atoms with E-state index < -0.39 is 35.2 Å². The lowest BCUT2D eigenvalue weighted by Crippen LogP contribution is -2.46. The van der Waals surface area contributed by atoms with Crippen LogP contribution in [0.3, 0.4) is 0 Å². The van der Waals surface area contributed by atoms with Crippen LogP contribution in [0.2, 0.25) is 0 Å². The van der Waals surface area contributed by atoms with E-state index in [9.17, 15) is 35.1 Å². The average Bonchev–Trinajstić information content (AvgIpc) is 2.60. The van der Waals surface area contributed by atoms with Crippen molar-refractivity contribution in [3.05, 3.63) is 54.6 Å². The number of hydrogen-bond donors (Lipinski definition) is 5. The third kappa shape index (κ3) is 3.86. The Morgan fingerprint density at radius 1 is 0.962 bits per heavy atom. The van der Waals surface area contributed by atoms with Crippen molar-refractivity contribution in [2.24, 2.45) is 0 Å². The van der Waals surface area contributed by atoms with Gasteiger partial charge in [0.25, 0.3) is 5.91 Å². The summed E-state index contributed by atoms with van der Waals surface area (Å²) in [4.78, 5) is 25.0. The number of aromatic hydroxyl groups is 4. The van der Waals surface area contributed by atoms with Gasteiger partial charge < -0.3 is 25.5 Å². The van der Waals surface area contributed by atoms with Crippen LogP contribution in [0.25, 0.3) is 0 Å². The predicted molar refractivity (Wildman–Crippen MR) is 92.4 cm³/mol. The number of nitrogens with zero attached hydrogens (tertiary/aromatic N) is 1. The fourth-order valence-corrected chi connectivity index (χ4v) is 2.43. The summed E-state index contributed by atoms with van der Waals surface area (Å²) in [7, 11) is 0. The highest BCUT2D eigenvalue weighted by atomic mass is 16.4. The molecular formula is C18H17NO7. The molecule has 2 rings (SSSR count). The molecule has 0 aliphatic heterocycles. The van der Waals surface area contributed by atoms with Crippen molar-refractivity contribution in [3.8, 4) is 23.0 Å². The van der Waals surface area contributed by atoms with Crippen LogP contribution in [0.15, 0.2) is 49.1 Å². The van der Waals surface area contributed by atoms with E-state index in [1.807, 2.05) is 0 Å². The van der Waals surface area contributed by atoms with Gasteiger partial charge in [0.2, 0.25) is 0 Å². The molecule has 0 saturated carbocycles. The normalized spacial score (nSPS) is 11.5. The van der Waals surface area contributed by atoms with Crippen LogP contribution in [0.1, 0.15) is 5.56 Å². The summed E-state index contributed by atoms with van der Waals surface area (Å²) in [6.45, 7) is 3.35. The average molecular weight is 359 g/mol. The summed E-state index contributed by atoms with van der Waals surface area (Å²) < 4.78 is 0. The monoisotopic (exact) mass is 359 g/mol. The summed E-state index contributed by atoms with van der Waals surface area (Å²) >= 11 is 0. The number of hydrogen-bond acceptors (Lipinski definition) is 6. The number of phenolic OH excluding ortho intramolecular Hbond substituents is 4. The van der Waals surface area contributed by atoms with Gasteiger partial charge in [-0.1, -0.05) is 12.6 Å². The molecule has 0 aliphatic carbocycles. The molecule has 0 spiro atoms. The van der Waals surface area contributed by atoms with E-state index in [1.54, 1.807) is 0 Å². The third-order valence-corrected chi connectivity index (χ3v) is 3.71. The van der Waals surface area contributed by atoms with Gasteiger partial charge in [0.15, 0.2) is 23.0 Å². The Morgan fingerprint density at radius 2 is 1.54 bits per heavy atom. The Hall–Kier alpha value is -3.68. The number of amides is 1. The molecular weight excluding hydrogens is 342 g/mol. The van der Waals surface area contributed by atoms with Crippen LogP contribution in [0.4, 0.5) is 5.69 Å². The summed E-state index contributed by atoms with van der Waals surface area (Å²) in [6.07, 6.45) is 0.735. The minimum atomic E-state index is -1.40. The van der Waals surface area contributed by atoms with Gasteiger partial charge in [-0.15, -0.1) is 0 Å². The Bertz CT molecular complexity index is 863. The quantitative estimate of drug-likeness (QED) is 0.391. The maximum Gasteiger partial charge on any atom is 0.327 e. The minimum Gasteiger partial charge on any atom is -0.504 e. The zero-order valence-electron chi connectivity index (χ0n) is 13.5. The van der Waals surface area contributed by atoms with Gasteiger partial charge in [0.05, 0.1) is 0 Å². The van der Waals surface area contributed by atoms with E-state index in [0.29, 0.717) is 5.56 Å². The molecule has 8 nitrogen and oxygen atoms in total. The lowest BCUT2D eigenvalue weighted by atomic mass is 10.0. The Morgan fingerprint density at radius 3 is 2.04 bits per heavy atom. The van der Waals surface area contributed by atoms with Crippen molar-refractivity contribution in [2.75, 3.05) is 4.90 Å². The molecule has 0 aliphatic rings. The predicted octanol–water partition coefficient (Wildman–Crippen LogP) is 1.72. The second-order valence-corrected chi connectivity index (χ2v) is 5.47. The Kier molecular flexibility index (Phi) is 5.36. The number of anilines is 1. The van der Waals surface area contributed by atoms with Crippen molar-refractivity contribution in [2.45, 2.75) is 12.5 Å². The minimum absolute atomic E-state index is 0.0422. The topological polar surface area (TPSA) is 139 Å². The van der Waals surface area contributed by atoms with Gasteiger partial charge in [0, 0.05) is 18.2 Å². The van der Waals surface area contributed by atoms with Crippen LogP contribution in [-0.4, -0.2) is 43.5 Å². The third-order valence-electron chi connectivity index (χ3n) is 3.71. The highest BCUT2D eigenvalue weighted by Crippen LogP contribution is 2.32. The first-order chi connectivity index (χ1) is 12.2. The lowest BCUT2D eigenvalue weighted by Gasteiger charge is -2.28. The Balaban J connectivity index is 2.48. The van der Waals surface area contributed by atoms with E-state index in [2.05, 4.69) is 6.58 Å². The standard InChI is InChI=1S/C18H17NO7/c1-2-17(24)19(11-4-6-14(21)16(23)9-11)12(18(25)26)7-10-3-5-13(20)15(22)8-10/h2-6,8-9,12,20-23H,1,7H2,(H,25,26). The molecule has 0 aromatic heterocycles. The highest BCUT2D eigenvalue weighted by Gasteiger charge is 2.30. The molecule has 0 saturated heterocycles. The number of carbonyl (C=O) groups excluding carboxylic acids is 1. The van der Waals surface area contributed by atoms with E-state index in [4.69, 9.17) is 0 Å².